The van der Waals surface area contributed by atoms with Gasteiger partial charge in [0, 0.05) is 24.6 Å². The maximum Gasteiger partial charge on any atom is 0.261 e. The largest absolute Gasteiger partial charge is 0.403 e. The number of nitrogens with zero attached hydrogens (tertiary/aromatic N) is 2. The number of hydrogen-bond donors (Lipinski definition) is 5. The third-order valence-corrected chi connectivity index (χ3v) is 6.21. The molecule has 1 aromatic carbocycles. The highest BCUT2D eigenvalue weighted by atomic mass is 16.1. The molecule has 8 nitrogen and oxygen atoms in total. The van der Waals surface area contributed by atoms with E-state index in [1.165, 1.54) is 25.5 Å². The molecule has 0 bridgehead atoms. The molecule has 0 aliphatic heterocycles. The van der Waals surface area contributed by atoms with Gasteiger partial charge in [-0.3, -0.25) is 4.79 Å². The summed E-state index contributed by atoms with van der Waals surface area (Å²) in [6.07, 6.45) is 10.6. The minimum absolute atomic E-state index is 0.0385. The zero-order valence-electron chi connectivity index (χ0n) is 19.8. The fourth-order valence-electron chi connectivity index (χ4n) is 4.63. The molecule has 2 aromatic rings. The molecular formula is C25H37N7O. The number of pyridine rings is 1. The smallest absolute Gasteiger partial charge is 0.261 e. The van der Waals surface area contributed by atoms with Crippen LogP contribution in [0.1, 0.15) is 68.7 Å². The second-order valence-corrected chi connectivity index (χ2v) is 9.09. The number of amidine groups is 1. The zero-order valence-corrected chi connectivity index (χ0v) is 19.8. The third kappa shape index (κ3) is 5.96. The number of anilines is 1. The van der Waals surface area contributed by atoms with E-state index in [0.29, 0.717) is 17.3 Å². The van der Waals surface area contributed by atoms with Crippen LogP contribution in [0.3, 0.4) is 0 Å². The Morgan fingerprint density at radius 3 is 2.61 bits per heavy atom. The Morgan fingerprint density at radius 1 is 1.24 bits per heavy atom. The highest BCUT2D eigenvalue weighted by Crippen LogP contribution is 2.31. The molecule has 1 aliphatic carbocycles. The van der Waals surface area contributed by atoms with Gasteiger partial charge in [0.2, 0.25) is 0 Å². The van der Waals surface area contributed by atoms with Gasteiger partial charge in [0.15, 0.2) is 0 Å². The summed E-state index contributed by atoms with van der Waals surface area (Å²) in [7, 11) is 0. The van der Waals surface area contributed by atoms with Gasteiger partial charge in [-0.2, -0.15) is 0 Å². The first kappa shape index (κ1) is 24.4. The van der Waals surface area contributed by atoms with E-state index in [4.69, 9.17) is 17.3 Å². The summed E-state index contributed by atoms with van der Waals surface area (Å²) in [6, 6.07) is 8.04. The lowest BCUT2D eigenvalue weighted by Gasteiger charge is -2.31. The van der Waals surface area contributed by atoms with Crippen LogP contribution < -0.4 is 28.2 Å². The Bertz CT molecular complexity index is 1050. The van der Waals surface area contributed by atoms with Crippen LogP contribution in [0, 0.1) is 12.8 Å². The van der Waals surface area contributed by atoms with Crippen molar-refractivity contribution in [2.24, 2.45) is 28.2 Å². The molecule has 3 rings (SSSR count). The van der Waals surface area contributed by atoms with Crippen molar-refractivity contribution in [3.63, 3.8) is 0 Å². The average Bonchev–Trinajstić information content (AvgIpc) is 2.76. The van der Waals surface area contributed by atoms with Crippen molar-refractivity contribution < 1.29 is 0 Å². The molecule has 0 radical (unpaired) electrons. The summed E-state index contributed by atoms with van der Waals surface area (Å²) < 4.78 is 0. The topological polar surface area (TPSA) is 139 Å². The van der Waals surface area contributed by atoms with E-state index in [9.17, 15) is 4.79 Å². The van der Waals surface area contributed by atoms with E-state index in [-0.39, 0.29) is 23.4 Å². The van der Waals surface area contributed by atoms with E-state index in [0.717, 1.165) is 29.7 Å². The quantitative estimate of drug-likeness (QED) is 0.179. The molecule has 33 heavy (non-hydrogen) atoms. The lowest BCUT2D eigenvalue weighted by atomic mass is 9.92. The molecule has 1 aliphatic rings. The first-order valence-electron chi connectivity index (χ1n) is 11.7. The molecule has 0 amide bonds. The standard InChI is InChI=1S/C25H37N7O/c1-16(2)23(32(28)14-12-26)20-10-9-19(15-17(20)3)31-24(27)22-21(11-13-29-25(22)33)30-18-7-5-4-6-8-18/h9-16,18,23H,4-8,26,28H2,1-3H3,(H2,27,31)(H2,29,30,33)/b14-12-. The third-order valence-electron chi connectivity index (χ3n) is 6.21. The van der Waals surface area contributed by atoms with Crippen LogP contribution in [0.25, 0.3) is 0 Å². The van der Waals surface area contributed by atoms with Crippen LogP contribution in [0.15, 0.2) is 52.6 Å². The van der Waals surface area contributed by atoms with Crippen molar-refractivity contribution in [1.82, 2.24) is 9.99 Å². The van der Waals surface area contributed by atoms with Crippen molar-refractivity contribution >= 4 is 17.2 Å². The number of rotatable bonds is 8. The normalized spacial score (nSPS) is 16.3. The molecule has 8 N–H and O–H groups in total. The summed E-state index contributed by atoms with van der Waals surface area (Å²) in [6.45, 7) is 6.24. The number of nitrogens with two attached hydrogens (primary N) is 3. The highest BCUT2D eigenvalue weighted by molar-refractivity contribution is 6.03. The fourth-order valence-corrected chi connectivity index (χ4v) is 4.63. The molecule has 8 heteroatoms. The molecule has 1 saturated carbocycles. The number of H-pyrrole nitrogens is 1. The van der Waals surface area contributed by atoms with Gasteiger partial charge >= 0.3 is 0 Å². The second kappa shape index (κ2) is 11.0. The lowest BCUT2D eigenvalue weighted by Crippen LogP contribution is -2.34. The molecular weight excluding hydrogens is 414 g/mol. The van der Waals surface area contributed by atoms with E-state index in [1.54, 1.807) is 17.4 Å². The maximum absolute atomic E-state index is 12.6. The summed E-state index contributed by atoms with van der Waals surface area (Å²) in [5.74, 6) is 6.66. The van der Waals surface area contributed by atoms with Crippen LogP contribution in [0.5, 0.6) is 0 Å². The number of hydrogen-bond acceptors (Lipinski definition) is 6. The number of benzene rings is 1. The Morgan fingerprint density at radius 2 is 1.97 bits per heavy atom. The summed E-state index contributed by atoms with van der Waals surface area (Å²) in [5.41, 5.74) is 15.5. The number of nitrogens with one attached hydrogen (secondary N) is 2. The first-order valence-corrected chi connectivity index (χ1v) is 11.7. The highest BCUT2D eigenvalue weighted by Gasteiger charge is 2.22. The van der Waals surface area contributed by atoms with Gasteiger partial charge in [0.1, 0.15) is 11.4 Å². The number of aliphatic imine (C=N–C) groups is 1. The molecule has 1 heterocycles. The fraction of sp³-hybridized carbons (Fsp3) is 0.440. The van der Waals surface area contributed by atoms with Gasteiger partial charge in [-0.1, -0.05) is 39.2 Å². The van der Waals surface area contributed by atoms with Crippen LogP contribution in [-0.4, -0.2) is 21.9 Å². The molecule has 1 fully saturated rings. The minimum Gasteiger partial charge on any atom is -0.403 e. The van der Waals surface area contributed by atoms with Crippen molar-refractivity contribution in [1.29, 1.82) is 0 Å². The van der Waals surface area contributed by atoms with Gasteiger partial charge in [-0.25, -0.2) is 10.8 Å². The monoisotopic (exact) mass is 451 g/mol. The average molecular weight is 452 g/mol. The van der Waals surface area contributed by atoms with Crippen molar-refractivity contribution in [2.75, 3.05) is 5.32 Å². The molecule has 0 saturated heterocycles. The molecule has 1 atom stereocenters. The second-order valence-electron chi connectivity index (χ2n) is 9.09. The van der Waals surface area contributed by atoms with Crippen molar-refractivity contribution in [2.45, 2.75) is 65.0 Å². The Balaban J connectivity index is 1.91. The summed E-state index contributed by atoms with van der Waals surface area (Å²) in [5, 5.41) is 5.13. The van der Waals surface area contributed by atoms with Gasteiger partial charge in [-0.15, -0.1) is 0 Å². The van der Waals surface area contributed by atoms with Gasteiger partial charge in [-0.05, 0) is 55.0 Å². The molecule has 0 spiro atoms. The first-order chi connectivity index (χ1) is 15.8. The molecule has 1 aromatic heterocycles. The van der Waals surface area contributed by atoms with Crippen LogP contribution in [0.4, 0.5) is 11.4 Å². The van der Waals surface area contributed by atoms with Crippen LogP contribution in [-0.2, 0) is 0 Å². The Labute approximate surface area is 195 Å². The van der Waals surface area contributed by atoms with Crippen LogP contribution >= 0.6 is 0 Å². The van der Waals surface area contributed by atoms with Gasteiger partial charge in [0.25, 0.3) is 5.56 Å². The predicted octanol–water partition coefficient (Wildman–Crippen LogP) is 3.77. The van der Waals surface area contributed by atoms with Gasteiger partial charge in [0.05, 0.1) is 17.4 Å². The minimum atomic E-state index is -0.252. The zero-order chi connectivity index (χ0) is 24.0. The number of aryl methyl sites for hydroxylation is 1. The van der Waals surface area contributed by atoms with Gasteiger partial charge < -0.3 is 26.8 Å². The van der Waals surface area contributed by atoms with E-state index < -0.39 is 0 Å². The van der Waals surface area contributed by atoms with Crippen LogP contribution in [0.2, 0.25) is 0 Å². The molecule has 1 unspecified atom stereocenters. The number of aromatic nitrogens is 1. The SMILES string of the molecule is Cc1cc(N=C(N)c2c(NC3CCCCC3)cc[nH]c2=O)ccc1C(C(C)C)N(N)/C=C\N. The number of aromatic amines is 1. The van der Waals surface area contributed by atoms with E-state index >= 15 is 0 Å². The number of hydrazine groups is 1. The molecule has 178 valence electrons. The predicted molar refractivity (Wildman–Crippen MR) is 136 cm³/mol. The van der Waals surface area contributed by atoms with Crippen molar-refractivity contribution in [3.05, 3.63) is 69.9 Å². The summed E-state index contributed by atoms with van der Waals surface area (Å²) >= 11 is 0. The lowest BCUT2D eigenvalue weighted by molar-refractivity contribution is 0.226. The maximum atomic E-state index is 12.6. The summed E-state index contributed by atoms with van der Waals surface area (Å²) in [4.78, 5) is 20.0. The Kier molecular flexibility index (Phi) is 8.16. The van der Waals surface area contributed by atoms with E-state index in [2.05, 4.69) is 29.1 Å². The Hall–Kier alpha value is -3.26. The van der Waals surface area contributed by atoms with E-state index in [1.807, 2.05) is 31.2 Å². The van der Waals surface area contributed by atoms with Crippen molar-refractivity contribution in [3.8, 4) is 0 Å².